The average Bonchev–Trinajstić information content (AvgIpc) is 2.37. The lowest BCUT2D eigenvalue weighted by molar-refractivity contribution is 0.232. The van der Waals surface area contributed by atoms with Crippen LogP contribution in [0, 0.1) is 6.92 Å². The summed E-state index contributed by atoms with van der Waals surface area (Å²) in [5.41, 5.74) is 7.24. The molecule has 0 atom stereocenters. The first-order valence-corrected chi connectivity index (χ1v) is 6.70. The molecule has 1 aromatic carbocycles. The van der Waals surface area contributed by atoms with Crippen LogP contribution in [0.1, 0.15) is 19.4 Å². The molecule has 0 fully saturated rings. The number of nitrogens with two attached hydrogens (primary N) is 1. The van der Waals surface area contributed by atoms with Crippen molar-refractivity contribution in [2.24, 2.45) is 0 Å². The maximum atomic E-state index is 5.98. The molecule has 0 spiro atoms. The van der Waals surface area contributed by atoms with Gasteiger partial charge in [-0.3, -0.25) is 0 Å². The number of hydrogen-bond acceptors (Lipinski definition) is 4. The summed E-state index contributed by atoms with van der Waals surface area (Å²) >= 11 is 5.98. The minimum Gasteiger partial charge on any atom is -0.473 e. The van der Waals surface area contributed by atoms with E-state index >= 15 is 0 Å². The molecule has 4 nitrogen and oxygen atoms in total. The van der Waals surface area contributed by atoms with Crippen molar-refractivity contribution in [3.63, 3.8) is 0 Å². The van der Waals surface area contributed by atoms with Crippen LogP contribution in [0.15, 0.2) is 30.3 Å². The van der Waals surface area contributed by atoms with E-state index in [1.807, 2.05) is 26.8 Å². The zero-order valence-electron chi connectivity index (χ0n) is 11.7. The molecule has 20 heavy (non-hydrogen) atoms. The minimum atomic E-state index is -0.00201. The highest BCUT2D eigenvalue weighted by atomic mass is 35.5. The second-order valence-corrected chi connectivity index (χ2v) is 5.13. The van der Waals surface area contributed by atoms with Gasteiger partial charge in [-0.25, -0.2) is 0 Å². The number of halogens is 1. The van der Waals surface area contributed by atoms with Crippen molar-refractivity contribution < 1.29 is 9.47 Å². The molecule has 2 N–H and O–H groups in total. The van der Waals surface area contributed by atoms with Crippen molar-refractivity contribution in [1.82, 2.24) is 4.98 Å². The van der Waals surface area contributed by atoms with Crippen LogP contribution in [-0.4, -0.2) is 11.1 Å². The standard InChI is InChI=1S/C15H17ClN2O2/c1-9(2)19-15-13(17)6-7-14(18-15)20-11-4-5-12(16)10(3)8-11/h4-9H,17H2,1-3H3. The number of hydrogen-bond donors (Lipinski definition) is 1. The Morgan fingerprint density at radius 2 is 1.95 bits per heavy atom. The molecule has 0 bridgehead atoms. The minimum absolute atomic E-state index is 0.00201. The van der Waals surface area contributed by atoms with Crippen molar-refractivity contribution in [2.45, 2.75) is 26.9 Å². The summed E-state index contributed by atoms with van der Waals surface area (Å²) in [6.07, 6.45) is -0.00201. The zero-order chi connectivity index (χ0) is 14.7. The van der Waals surface area contributed by atoms with Gasteiger partial charge in [0.25, 0.3) is 0 Å². The van der Waals surface area contributed by atoms with E-state index < -0.39 is 0 Å². The Balaban J connectivity index is 2.22. The molecule has 0 unspecified atom stereocenters. The Morgan fingerprint density at radius 1 is 1.20 bits per heavy atom. The lowest BCUT2D eigenvalue weighted by Gasteiger charge is -2.12. The van der Waals surface area contributed by atoms with E-state index in [1.165, 1.54) is 0 Å². The summed E-state index contributed by atoms with van der Waals surface area (Å²) in [5, 5.41) is 0.700. The Morgan fingerprint density at radius 3 is 2.60 bits per heavy atom. The van der Waals surface area contributed by atoms with Crippen LogP contribution in [0.5, 0.6) is 17.5 Å². The highest BCUT2D eigenvalue weighted by molar-refractivity contribution is 6.31. The smallest absolute Gasteiger partial charge is 0.240 e. The molecule has 1 aromatic heterocycles. The largest absolute Gasteiger partial charge is 0.473 e. The summed E-state index contributed by atoms with van der Waals surface area (Å²) < 4.78 is 11.2. The Hall–Kier alpha value is -1.94. The number of nitrogen functional groups attached to an aromatic ring is 1. The van der Waals surface area contributed by atoms with Crippen LogP contribution < -0.4 is 15.2 Å². The van der Waals surface area contributed by atoms with E-state index in [0.717, 1.165) is 5.56 Å². The zero-order valence-corrected chi connectivity index (χ0v) is 12.4. The number of aromatic nitrogens is 1. The Kier molecular flexibility index (Phi) is 4.35. The molecule has 106 valence electrons. The first-order valence-electron chi connectivity index (χ1n) is 6.33. The second kappa shape index (κ2) is 6.01. The molecule has 0 aliphatic carbocycles. The van der Waals surface area contributed by atoms with E-state index in [0.29, 0.717) is 28.2 Å². The molecule has 0 aliphatic heterocycles. The van der Waals surface area contributed by atoms with Gasteiger partial charge in [-0.05, 0) is 50.6 Å². The molecular weight excluding hydrogens is 276 g/mol. The summed E-state index contributed by atoms with van der Waals surface area (Å²) in [6, 6.07) is 8.84. The van der Waals surface area contributed by atoms with Crippen LogP contribution in [0.25, 0.3) is 0 Å². The summed E-state index contributed by atoms with van der Waals surface area (Å²) in [6.45, 7) is 5.74. The van der Waals surface area contributed by atoms with Crippen LogP contribution in [-0.2, 0) is 0 Å². The number of benzene rings is 1. The molecule has 0 aliphatic rings. The molecule has 2 aromatic rings. The third-order valence-electron chi connectivity index (χ3n) is 2.56. The van der Waals surface area contributed by atoms with E-state index in [2.05, 4.69) is 4.98 Å². The maximum Gasteiger partial charge on any atom is 0.240 e. The van der Waals surface area contributed by atoms with Gasteiger partial charge >= 0.3 is 0 Å². The van der Waals surface area contributed by atoms with Crippen molar-refractivity contribution in [3.8, 4) is 17.5 Å². The van der Waals surface area contributed by atoms with Gasteiger partial charge in [-0.1, -0.05) is 11.6 Å². The molecule has 1 heterocycles. The van der Waals surface area contributed by atoms with Crippen LogP contribution in [0.3, 0.4) is 0 Å². The highest BCUT2D eigenvalue weighted by Crippen LogP contribution is 2.28. The highest BCUT2D eigenvalue weighted by Gasteiger charge is 2.08. The van der Waals surface area contributed by atoms with Gasteiger partial charge < -0.3 is 15.2 Å². The summed E-state index contributed by atoms with van der Waals surface area (Å²) in [4.78, 5) is 4.26. The van der Waals surface area contributed by atoms with Gasteiger partial charge in [-0.15, -0.1) is 0 Å². The SMILES string of the molecule is Cc1cc(Oc2ccc(N)c(OC(C)C)n2)ccc1Cl. The van der Waals surface area contributed by atoms with E-state index in [1.54, 1.807) is 24.3 Å². The van der Waals surface area contributed by atoms with Gasteiger partial charge in [0.1, 0.15) is 5.75 Å². The topological polar surface area (TPSA) is 57.4 Å². The molecule has 0 radical (unpaired) electrons. The average molecular weight is 293 g/mol. The maximum absolute atomic E-state index is 5.98. The first kappa shape index (κ1) is 14.5. The molecule has 0 amide bonds. The van der Waals surface area contributed by atoms with Gasteiger partial charge in [0.2, 0.25) is 11.8 Å². The fraction of sp³-hybridized carbons (Fsp3) is 0.267. The normalized spacial score (nSPS) is 10.7. The lowest BCUT2D eigenvalue weighted by atomic mass is 10.2. The van der Waals surface area contributed by atoms with E-state index in [-0.39, 0.29) is 6.10 Å². The molecule has 2 rings (SSSR count). The van der Waals surface area contributed by atoms with Crippen LogP contribution >= 0.6 is 11.6 Å². The van der Waals surface area contributed by atoms with Crippen LogP contribution in [0.2, 0.25) is 5.02 Å². The molecular formula is C15H17ClN2O2. The molecule has 0 saturated carbocycles. The third kappa shape index (κ3) is 3.54. The monoisotopic (exact) mass is 292 g/mol. The summed E-state index contributed by atoms with van der Waals surface area (Å²) in [5.74, 6) is 1.47. The Bertz CT molecular complexity index is 615. The second-order valence-electron chi connectivity index (χ2n) is 4.72. The fourth-order valence-corrected chi connectivity index (χ4v) is 1.73. The number of nitrogens with zero attached hydrogens (tertiary/aromatic N) is 1. The predicted octanol–water partition coefficient (Wildman–Crippen LogP) is 4.21. The van der Waals surface area contributed by atoms with Gasteiger partial charge in [0.05, 0.1) is 11.8 Å². The van der Waals surface area contributed by atoms with Gasteiger partial charge in [0.15, 0.2) is 0 Å². The quantitative estimate of drug-likeness (QED) is 0.917. The van der Waals surface area contributed by atoms with Crippen molar-refractivity contribution in [3.05, 3.63) is 40.9 Å². The van der Waals surface area contributed by atoms with Gasteiger partial charge in [0, 0.05) is 11.1 Å². The number of anilines is 1. The number of ether oxygens (including phenoxy) is 2. The van der Waals surface area contributed by atoms with Crippen molar-refractivity contribution in [2.75, 3.05) is 5.73 Å². The van der Waals surface area contributed by atoms with E-state index in [9.17, 15) is 0 Å². The number of rotatable bonds is 4. The Labute approximate surface area is 123 Å². The van der Waals surface area contributed by atoms with Crippen molar-refractivity contribution >= 4 is 17.3 Å². The van der Waals surface area contributed by atoms with Crippen LogP contribution in [0.4, 0.5) is 5.69 Å². The summed E-state index contributed by atoms with van der Waals surface area (Å²) in [7, 11) is 0. The lowest BCUT2D eigenvalue weighted by Crippen LogP contribution is -2.09. The molecule has 0 saturated heterocycles. The van der Waals surface area contributed by atoms with E-state index in [4.69, 9.17) is 26.8 Å². The van der Waals surface area contributed by atoms with Crippen molar-refractivity contribution in [1.29, 1.82) is 0 Å². The van der Waals surface area contributed by atoms with Gasteiger partial charge in [-0.2, -0.15) is 4.98 Å². The molecule has 5 heteroatoms. The fourth-order valence-electron chi connectivity index (χ4n) is 1.61. The first-order chi connectivity index (χ1) is 9.45. The number of aryl methyl sites for hydroxylation is 1. The number of pyridine rings is 1. The third-order valence-corrected chi connectivity index (χ3v) is 2.99. The predicted molar refractivity (Wildman–Crippen MR) is 80.7 cm³/mol.